The van der Waals surface area contributed by atoms with Gasteiger partial charge in [0.2, 0.25) is 0 Å². The molecule has 1 aromatic carbocycles. The summed E-state index contributed by atoms with van der Waals surface area (Å²) in [5, 5.41) is 7.87. The van der Waals surface area contributed by atoms with Crippen molar-refractivity contribution in [1.29, 1.82) is 0 Å². The van der Waals surface area contributed by atoms with Gasteiger partial charge in [-0.3, -0.25) is 14.5 Å². The zero-order chi connectivity index (χ0) is 17.5. The molecule has 0 radical (unpaired) electrons. The topological polar surface area (TPSA) is 63.5 Å². The van der Waals surface area contributed by atoms with Crippen LogP contribution in [0.2, 0.25) is 0 Å². The fourth-order valence-electron chi connectivity index (χ4n) is 2.96. The standard InChI is InChI=1S/C18H25N5O2.ClH/c1-2-25-18(24)17-15-23(20-19-17)13-12-21-8-10-22(11-9-21)14-16-6-4-3-5-7-16;/h3-7,15H,2,8-14H2,1H3;1H. The van der Waals surface area contributed by atoms with Crippen LogP contribution in [0.5, 0.6) is 0 Å². The number of rotatable bonds is 7. The summed E-state index contributed by atoms with van der Waals surface area (Å²) in [7, 11) is 0. The first-order valence-electron chi connectivity index (χ1n) is 8.80. The molecule has 3 rings (SSSR count). The van der Waals surface area contributed by atoms with E-state index in [-0.39, 0.29) is 18.1 Å². The number of nitrogens with zero attached hydrogens (tertiary/aromatic N) is 5. The number of ether oxygens (including phenoxy) is 1. The molecule has 0 spiro atoms. The predicted octanol–water partition coefficient (Wildman–Crippen LogP) is 1.69. The first-order chi connectivity index (χ1) is 12.2. The Morgan fingerprint density at radius 1 is 1.08 bits per heavy atom. The van der Waals surface area contributed by atoms with Gasteiger partial charge in [-0.15, -0.1) is 17.5 Å². The molecule has 1 saturated heterocycles. The minimum Gasteiger partial charge on any atom is -0.461 e. The van der Waals surface area contributed by atoms with Crippen molar-refractivity contribution in [3.63, 3.8) is 0 Å². The van der Waals surface area contributed by atoms with Crippen LogP contribution in [0.25, 0.3) is 0 Å². The molecule has 1 aliphatic heterocycles. The van der Waals surface area contributed by atoms with Crippen molar-refractivity contribution in [3.8, 4) is 0 Å². The van der Waals surface area contributed by atoms with Gasteiger partial charge in [-0.25, -0.2) is 4.79 Å². The smallest absolute Gasteiger partial charge is 0.360 e. The lowest BCUT2D eigenvalue weighted by Gasteiger charge is -2.34. The van der Waals surface area contributed by atoms with E-state index in [0.29, 0.717) is 6.61 Å². The Morgan fingerprint density at radius 3 is 2.46 bits per heavy atom. The maximum Gasteiger partial charge on any atom is 0.360 e. The van der Waals surface area contributed by atoms with Gasteiger partial charge in [-0.1, -0.05) is 35.5 Å². The highest BCUT2D eigenvalue weighted by Crippen LogP contribution is 2.08. The third-order valence-electron chi connectivity index (χ3n) is 4.38. The molecule has 142 valence electrons. The number of aromatic nitrogens is 3. The molecule has 1 fully saturated rings. The Labute approximate surface area is 160 Å². The minimum atomic E-state index is -0.414. The van der Waals surface area contributed by atoms with E-state index in [1.807, 2.05) is 0 Å². The van der Waals surface area contributed by atoms with Crippen molar-refractivity contribution >= 4 is 18.4 Å². The summed E-state index contributed by atoms with van der Waals surface area (Å²) in [6, 6.07) is 10.6. The molecular formula is C18H26ClN5O2. The predicted molar refractivity (Wildman–Crippen MR) is 101 cm³/mol. The van der Waals surface area contributed by atoms with Crippen LogP contribution in [-0.2, 0) is 17.8 Å². The minimum absolute atomic E-state index is 0. The molecule has 0 N–H and O–H groups in total. The summed E-state index contributed by atoms with van der Waals surface area (Å²) in [5.74, 6) is -0.414. The summed E-state index contributed by atoms with van der Waals surface area (Å²) in [6.45, 7) is 9.01. The number of piperazine rings is 1. The average molecular weight is 380 g/mol. The SMILES string of the molecule is CCOC(=O)c1cn(CCN2CCN(Cc3ccccc3)CC2)nn1.Cl. The maximum absolute atomic E-state index is 11.6. The molecule has 1 aromatic heterocycles. The molecule has 0 unspecified atom stereocenters. The van der Waals surface area contributed by atoms with Crippen molar-refractivity contribution in [1.82, 2.24) is 24.8 Å². The molecule has 0 amide bonds. The molecule has 1 aliphatic rings. The monoisotopic (exact) mass is 379 g/mol. The third-order valence-corrected chi connectivity index (χ3v) is 4.38. The summed E-state index contributed by atoms with van der Waals surface area (Å²) in [6.07, 6.45) is 1.66. The van der Waals surface area contributed by atoms with Gasteiger partial charge in [0.05, 0.1) is 19.3 Å². The summed E-state index contributed by atoms with van der Waals surface area (Å²) in [4.78, 5) is 16.5. The van der Waals surface area contributed by atoms with E-state index in [9.17, 15) is 4.79 Å². The number of benzene rings is 1. The average Bonchev–Trinajstić information content (AvgIpc) is 3.11. The molecule has 26 heavy (non-hydrogen) atoms. The van der Waals surface area contributed by atoms with Gasteiger partial charge in [0.25, 0.3) is 0 Å². The van der Waals surface area contributed by atoms with Gasteiger partial charge in [0.15, 0.2) is 5.69 Å². The van der Waals surface area contributed by atoms with Gasteiger partial charge in [-0.05, 0) is 12.5 Å². The lowest BCUT2D eigenvalue weighted by atomic mass is 10.2. The molecule has 8 heteroatoms. The zero-order valence-electron chi connectivity index (χ0n) is 15.1. The highest BCUT2D eigenvalue weighted by molar-refractivity contribution is 5.86. The molecule has 2 aromatic rings. The number of hydrogen-bond acceptors (Lipinski definition) is 6. The molecule has 0 saturated carbocycles. The van der Waals surface area contributed by atoms with Crippen LogP contribution in [0.15, 0.2) is 36.5 Å². The Kier molecular flexibility index (Phi) is 8.03. The Bertz CT molecular complexity index is 671. The van der Waals surface area contributed by atoms with Crippen LogP contribution in [0, 0.1) is 0 Å². The summed E-state index contributed by atoms with van der Waals surface area (Å²) in [5.41, 5.74) is 1.64. The van der Waals surface area contributed by atoms with Gasteiger partial charge < -0.3 is 4.74 Å². The van der Waals surface area contributed by atoms with Crippen molar-refractivity contribution in [2.24, 2.45) is 0 Å². The molecule has 0 bridgehead atoms. The van der Waals surface area contributed by atoms with Gasteiger partial charge in [-0.2, -0.15) is 0 Å². The second-order valence-electron chi connectivity index (χ2n) is 6.19. The molecule has 2 heterocycles. The fraction of sp³-hybridized carbons (Fsp3) is 0.500. The van der Waals surface area contributed by atoms with Crippen LogP contribution >= 0.6 is 12.4 Å². The van der Waals surface area contributed by atoms with Gasteiger partial charge in [0, 0.05) is 39.3 Å². The highest BCUT2D eigenvalue weighted by atomic mass is 35.5. The normalized spacial score (nSPS) is 15.4. The second-order valence-corrected chi connectivity index (χ2v) is 6.19. The molecule has 7 nitrogen and oxygen atoms in total. The number of esters is 1. The van der Waals surface area contributed by atoms with E-state index in [4.69, 9.17) is 4.74 Å². The number of halogens is 1. The second kappa shape index (κ2) is 10.3. The maximum atomic E-state index is 11.6. The molecule has 0 aliphatic carbocycles. The molecular weight excluding hydrogens is 354 g/mol. The first kappa shape index (κ1) is 20.4. The van der Waals surface area contributed by atoms with E-state index < -0.39 is 5.97 Å². The van der Waals surface area contributed by atoms with Crippen LogP contribution in [0.1, 0.15) is 23.0 Å². The Morgan fingerprint density at radius 2 is 1.77 bits per heavy atom. The summed E-state index contributed by atoms with van der Waals surface area (Å²) < 4.78 is 6.64. The van der Waals surface area contributed by atoms with Crippen molar-refractivity contribution in [2.45, 2.75) is 20.0 Å². The largest absolute Gasteiger partial charge is 0.461 e. The summed E-state index contributed by atoms with van der Waals surface area (Å²) >= 11 is 0. The number of hydrogen-bond donors (Lipinski definition) is 0. The van der Waals surface area contributed by atoms with E-state index >= 15 is 0 Å². The van der Waals surface area contributed by atoms with Crippen LogP contribution in [0.3, 0.4) is 0 Å². The number of carbonyl (C=O) groups excluding carboxylic acids is 1. The first-order valence-corrected chi connectivity index (χ1v) is 8.80. The van der Waals surface area contributed by atoms with E-state index in [1.54, 1.807) is 17.8 Å². The van der Waals surface area contributed by atoms with Crippen molar-refractivity contribution < 1.29 is 9.53 Å². The quantitative estimate of drug-likeness (QED) is 0.682. The number of carbonyl (C=O) groups is 1. The zero-order valence-corrected chi connectivity index (χ0v) is 15.9. The van der Waals surface area contributed by atoms with Crippen LogP contribution in [0.4, 0.5) is 0 Å². The van der Waals surface area contributed by atoms with Gasteiger partial charge in [0.1, 0.15) is 0 Å². The van der Waals surface area contributed by atoms with Crippen LogP contribution in [-0.4, -0.2) is 70.1 Å². The lowest BCUT2D eigenvalue weighted by Crippen LogP contribution is -2.46. The Balaban J connectivity index is 0.00000243. The van der Waals surface area contributed by atoms with Crippen LogP contribution < -0.4 is 0 Å². The van der Waals surface area contributed by atoms with Crippen molar-refractivity contribution in [2.75, 3.05) is 39.3 Å². The van der Waals surface area contributed by atoms with E-state index in [2.05, 4.69) is 50.4 Å². The fourth-order valence-corrected chi connectivity index (χ4v) is 2.96. The van der Waals surface area contributed by atoms with Crippen molar-refractivity contribution in [3.05, 3.63) is 47.8 Å². The highest BCUT2D eigenvalue weighted by Gasteiger charge is 2.17. The molecule has 0 atom stereocenters. The third kappa shape index (κ3) is 5.79. The Hall–Kier alpha value is -1.96. The van der Waals surface area contributed by atoms with E-state index in [1.165, 1.54) is 5.56 Å². The lowest BCUT2D eigenvalue weighted by molar-refractivity contribution is 0.0519. The van der Waals surface area contributed by atoms with E-state index in [0.717, 1.165) is 45.8 Å². The van der Waals surface area contributed by atoms with Gasteiger partial charge >= 0.3 is 5.97 Å².